The van der Waals surface area contributed by atoms with Crippen molar-refractivity contribution in [3.63, 3.8) is 0 Å². The van der Waals surface area contributed by atoms with E-state index in [4.69, 9.17) is 4.74 Å². The second kappa shape index (κ2) is 3.82. The Hall–Kier alpha value is -0.0800. The van der Waals surface area contributed by atoms with Crippen LogP contribution < -0.4 is 0 Å². The van der Waals surface area contributed by atoms with Gasteiger partial charge in [0.05, 0.1) is 13.2 Å². The molecule has 0 bridgehead atoms. The molecule has 0 amide bonds. The van der Waals surface area contributed by atoms with Crippen LogP contribution in [0.15, 0.2) is 0 Å². The molecule has 1 saturated heterocycles. The molecular formula is C12H23NO. The molecule has 0 aromatic rings. The molecule has 0 N–H and O–H groups in total. The maximum Gasteiger partial charge on any atom is 0.0593 e. The van der Waals surface area contributed by atoms with Gasteiger partial charge in [-0.3, -0.25) is 4.90 Å². The molecule has 2 fully saturated rings. The van der Waals surface area contributed by atoms with E-state index in [2.05, 4.69) is 25.7 Å². The summed E-state index contributed by atoms with van der Waals surface area (Å²) in [6.07, 6.45) is 2.84. The average molecular weight is 197 g/mol. The molecule has 1 aliphatic carbocycles. The van der Waals surface area contributed by atoms with Crippen LogP contribution in [0, 0.1) is 11.3 Å². The Kier molecular flexibility index (Phi) is 2.85. The molecular weight excluding hydrogens is 174 g/mol. The van der Waals surface area contributed by atoms with E-state index in [1.807, 2.05) is 0 Å². The van der Waals surface area contributed by atoms with Gasteiger partial charge in [-0.2, -0.15) is 0 Å². The highest BCUT2D eigenvalue weighted by atomic mass is 16.5. The zero-order valence-electron chi connectivity index (χ0n) is 9.75. The van der Waals surface area contributed by atoms with Gasteiger partial charge in [-0.25, -0.2) is 0 Å². The lowest BCUT2D eigenvalue weighted by atomic mass is 9.85. The number of nitrogens with zero attached hydrogens (tertiary/aromatic N) is 1. The number of ether oxygens (including phenoxy) is 1. The van der Waals surface area contributed by atoms with Gasteiger partial charge >= 0.3 is 0 Å². The molecule has 0 aromatic heterocycles. The predicted octanol–water partition coefficient (Wildman–Crippen LogP) is 2.14. The van der Waals surface area contributed by atoms with Gasteiger partial charge in [0.2, 0.25) is 0 Å². The first kappa shape index (κ1) is 10.4. The van der Waals surface area contributed by atoms with Crippen LogP contribution in [-0.4, -0.2) is 37.2 Å². The minimum Gasteiger partial charge on any atom is -0.379 e. The maximum atomic E-state index is 5.75. The molecule has 0 aromatic carbocycles. The molecule has 2 nitrogen and oxygen atoms in total. The summed E-state index contributed by atoms with van der Waals surface area (Å²) in [6.45, 7) is 11.2. The lowest BCUT2D eigenvalue weighted by Crippen LogP contribution is -2.41. The fourth-order valence-corrected chi connectivity index (χ4v) is 2.54. The summed E-state index contributed by atoms with van der Waals surface area (Å²) >= 11 is 0. The van der Waals surface area contributed by atoms with Crippen LogP contribution in [0.1, 0.15) is 33.6 Å². The Morgan fingerprint density at radius 2 is 2.07 bits per heavy atom. The van der Waals surface area contributed by atoms with Crippen LogP contribution in [0.5, 0.6) is 0 Å². The number of hydrogen-bond donors (Lipinski definition) is 0. The van der Waals surface area contributed by atoms with Crippen molar-refractivity contribution in [3.8, 4) is 0 Å². The van der Waals surface area contributed by atoms with Crippen molar-refractivity contribution in [1.29, 1.82) is 0 Å². The second-order valence-electron chi connectivity index (χ2n) is 5.55. The first-order chi connectivity index (χ1) is 6.62. The fraction of sp³-hybridized carbons (Fsp3) is 1.00. The van der Waals surface area contributed by atoms with Crippen molar-refractivity contribution in [1.82, 2.24) is 4.90 Å². The third-order valence-electron chi connectivity index (χ3n) is 3.81. The minimum absolute atomic E-state index is 0.431. The third-order valence-corrected chi connectivity index (χ3v) is 3.81. The van der Waals surface area contributed by atoms with Gasteiger partial charge in [-0.15, -0.1) is 0 Å². The first-order valence-corrected chi connectivity index (χ1v) is 5.93. The summed E-state index contributed by atoms with van der Waals surface area (Å²) in [4.78, 5) is 2.57. The van der Waals surface area contributed by atoms with Crippen LogP contribution in [-0.2, 0) is 4.74 Å². The summed E-state index contributed by atoms with van der Waals surface area (Å²) < 4.78 is 5.75. The Morgan fingerprint density at radius 1 is 1.36 bits per heavy atom. The highest BCUT2D eigenvalue weighted by Crippen LogP contribution is 2.46. The molecule has 0 spiro atoms. The third kappa shape index (κ3) is 2.12. The highest BCUT2D eigenvalue weighted by Gasteiger charge is 2.43. The predicted molar refractivity (Wildman–Crippen MR) is 58.4 cm³/mol. The summed E-state index contributed by atoms with van der Waals surface area (Å²) in [5.74, 6) is 0.932. The van der Waals surface area contributed by atoms with Gasteiger partial charge in [0, 0.05) is 24.5 Å². The van der Waals surface area contributed by atoms with Crippen molar-refractivity contribution in [3.05, 3.63) is 0 Å². The van der Waals surface area contributed by atoms with Crippen molar-refractivity contribution in [2.75, 3.05) is 26.3 Å². The Labute approximate surface area is 87.6 Å². The molecule has 0 radical (unpaired) electrons. The van der Waals surface area contributed by atoms with E-state index in [0.29, 0.717) is 11.5 Å². The lowest BCUT2D eigenvalue weighted by molar-refractivity contribution is 0.0629. The molecule has 14 heavy (non-hydrogen) atoms. The minimum atomic E-state index is 0.431. The smallest absolute Gasteiger partial charge is 0.0593 e. The van der Waals surface area contributed by atoms with E-state index in [1.165, 1.54) is 19.4 Å². The Bertz CT molecular complexity index is 200. The van der Waals surface area contributed by atoms with E-state index in [0.717, 1.165) is 25.7 Å². The monoisotopic (exact) mass is 197 g/mol. The molecule has 1 atom stereocenters. The topological polar surface area (TPSA) is 12.5 Å². The van der Waals surface area contributed by atoms with Crippen LogP contribution in [0.25, 0.3) is 0 Å². The van der Waals surface area contributed by atoms with Crippen LogP contribution in [0.3, 0.4) is 0 Å². The summed E-state index contributed by atoms with van der Waals surface area (Å²) in [7, 11) is 0. The zero-order chi connectivity index (χ0) is 10.2. The molecule has 1 aliphatic heterocycles. The summed E-state index contributed by atoms with van der Waals surface area (Å²) in [5.41, 5.74) is 0.431. The van der Waals surface area contributed by atoms with Gasteiger partial charge < -0.3 is 4.74 Å². The van der Waals surface area contributed by atoms with Gasteiger partial charge in [0.1, 0.15) is 0 Å². The quantitative estimate of drug-likeness (QED) is 0.672. The van der Waals surface area contributed by atoms with Crippen molar-refractivity contribution >= 4 is 0 Å². The standard InChI is InChI=1S/C12H23NO/c1-10(2)13-6-7-14-9-12(3,8-13)11-4-5-11/h10-11H,4-9H2,1-3H3/t12-/m0/s1. The zero-order valence-corrected chi connectivity index (χ0v) is 9.75. The van der Waals surface area contributed by atoms with Crippen LogP contribution in [0.2, 0.25) is 0 Å². The Morgan fingerprint density at radius 3 is 2.64 bits per heavy atom. The van der Waals surface area contributed by atoms with E-state index in [9.17, 15) is 0 Å². The van der Waals surface area contributed by atoms with Gasteiger partial charge in [0.25, 0.3) is 0 Å². The lowest BCUT2D eigenvalue weighted by Gasteiger charge is -2.34. The number of rotatable bonds is 2. The molecule has 1 heterocycles. The normalized spacial score (nSPS) is 36.0. The summed E-state index contributed by atoms with van der Waals surface area (Å²) in [6, 6.07) is 0.662. The SMILES string of the molecule is CC(C)N1CCOC[C@@](C)(C2CC2)C1. The second-order valence-corrected chi connectivity index (χ2v) is 5.55. The maximum absolute atomic E-state index is 5.75. The van der Waals surface area contributed by atoms with Gasteiger partial charge in [0.15, 0.2) is 0 Å². The van der Waals surface area contributed by atoms with Crippen molar-refractivity contribution < 1.29 is 4.74 Å². The molecule has 2 rings (SSSR count). The largest absolute Gasteiger partial charge is 0.379 e. The molecule has 1 saturated carbocycles. The van der Waals surface area contributed by atoms with Gasteiger partial charge in [-0.1, -0.05) is 6.92 Å². The molecule has 2 heteroatoms. The van der Waals surface area contributed by atoms with Gasteiger partial charge in [-0.05, 0) is 32.6 Å². The van der Waals surface area contributed by atoms with E-state index in [1.54, 1.807) is 0 Å². The van der Waals surface area contributed by atoms with Crippen molar-refractivity contribution in [2.24, 2.45) is 11.3 Å². The van der Waals surface area contributed by atoms with Crippen LogP contribution >= 0.6 is 0 Å². The highest BCUT2D eigenvalue weighted by molar-refractivity contribution is 4.94. The van der Waals surface area contributed by atoms with Crippen LogP contribution in [0.4, 0.5) is 0 Å². The average Bonchev–Trinajstić information content (AvgIpc) is 2.88. The first-order valence-electron chi connectivity index (χ1n) is 5.93. The molecule has 0 unspecified atom stereocenters. The molecule has 82 valence electrons. The summed E-state index contributed by atoms with van der Waals surface area (Å²) in [5, 5.41) is 0. The van der Waals surface area contributed by atoms with E-state index in [-0.39, 0.29) is 0 Å². The molecule has 2 aliphatic rings. The number of hydrogen-bond acceptors (Lipinski definition) is 2. The van der Waals surface area contributed by atoms with E-state index >= 15 is 0 Å². The van der Waals surface area contributed by atoms with E-state index < -0.39 is 0 Å². The fourth-order valence-electron chi connectivity index (χ4n) is 2.54. The van der Waals surface area contributed by atoms with Crippen molar-refractivity contribution in [2.45, 2.75) is 39.7 Å². The Balaban J connectivity index is 2.02.